The highest BCUT2D eigenvalue weighted by Gasteiger charge is 2.11. The lowest BCUT2D eigenvalue weighted by Crippen LogP contribution is -1.94. The molecule has 2 aromatic carbocycles. The van der Waals surface area contributed by atoms with E-state index in [2.05, 4.69) is 48.1 Å². The van der Waals surface area contributed by atoms with Crippen molar-refractivity contribution in [2.75, 3.05) is 7.11 Å². The first-order valence-corrected chi connectivity index (χ1v) is 8.87. The molecule has 0 spiro atoms. The Morgan fingerprint density at radius 3 is 2.59 bits per heavy atom. The summed E-state index contributed by atoms with van der Waals surface area (Å²) in [6.07, 6.45) is 5.54. The molecule has 0 saturated carbocycles. The summed E-state index contributed by atoms with van der Waals surface area (Å²) in [5.41, 5.74) is 5.72. The van der Waals surface area contributed by atoms with Gasteiger partial charge >= 0.3 is 0 Å². The van der Waals surface area contributed by atoms with Gasteiger partial charge in [-0.15, -0.1) is 0 Å². The van der Waals surface area contributed by atoms with E-state index in [0.717, 1.165) is 28.2 Å². The molecule has 0 fully saturated rings. The second kappa shape index (κ2) is 6.76. The topological polar surface area (TPSA) is 59.7 Å². The molecule has 0 amide bonds. The third kappa shape index (κ3) is 3.12. The molecule has 136 valence electrons. The quantitative estimate of drug-likeness (QED) is 0.563. The van der Waals surface area contributed by atoms with Gasteiger partial charge in [-0.3, -0.25) is 9.38 Å². The Hall–Kier alpha value is -3.34. The van der Waals surface area contributed by atoms with Crippen LogP contribution in [0.25, 0.3) is 28.2 Å². The van der Waals surface area contributed by atoms with Crippen molar-refractivity contribution in [3.8, 4) is 34.0 Å². The Morgan fingerprint density at radius 2 is 1.85 bits per heavy atom. The molecular formula is C22H21N3O2. The number of aromatic nitrogens is 3. The third-order valence-electron chi connectivity index (χ3n) is 4.72. The summed E-state index contributed by atoms with van der Waals surface area (Å²) in [5.74, 6) is 1.00. The average molecular weight is 359 g/mol. The zero-order valence-electron chi connectivity index (χ0n) is 15.5. The lowest BCUT2D eigenvalue weighted by molar-refractivity contribution is 0.373. The summed E-state index contributed by atoms with van der Waals surface area (Å²) in [6.45, 7) is 4.36. The van der Waals surface area contributed by atoms with Crippen LogP contribution in [-0.4, -0.2) is 26.6 Å². The van der Waals surface area contributed by atoms with E-state index < -0.39 is 0 Å². The lowest BCUT2D eigenvalue weighted by Gasteiger charge is -2.09. The Kier molecular flexibility index (Phi) is 4.28. The smallest absolute Gasteiger partial charge is 0.160 e. The number of phenols is 1. The van der Waals surface area contributed by atoms with Crippen molar-refractivity contribution in [2.24, 2.45) is 0 Å². The molecule has 5 heteroatoms. The van der Waals surface area contributed by atoms with Gasteiger partial charge in [0.15, 0.2) is 17.1 Å². The maximum absolute atomic E-state index is 10.1. The van der Waals surface area contributed by atoms with E-state index >= 15 is 0 Å². The maximum Gasteiger partial charge on any atom is 0.160 e. The standard InChI is InChI=1S/C22H21N3O2/c1-14(2)15-5-4-6-16(9-15)18-13-25-19(11-24-22(25)12-23-18)17-7-8-21(27-3)20(26)10-17/h4-14,26H,1-3H3. The lowest BCUT2D eigenvalue weighted by atomic mass is 10.00. The molecule has 5 nitrogen and oxygen atoms in total. The van der Waals surface area contributed by atoms with Gasteiger partial charge in [0, 0.05) is 17.3 Å². The van der Waals surface area contributed by atoms with Crippen LogP contribution in [0.3, 0.4) is 0 Å². The highest BCUT2D eigenvalue weighted by atomic mass is 16.5. The van der Waals surface area contributed by atoms with E-state index in [0.29, 0.717) is 11.7 Å². The molecule has 0 atom stereocenters. The van der Waals surface area contributed by atoms with Crippen LogP contribution in [0, 0.1) is 0 Å². The van der Waals surface area contributed by atoms with Crippen molar-refractivity contribution in [1.82, 2.24) is 14.4 Å². The Morgan fingerprint density at radius 1 is 1.00 bits per heavy atom. The molecule has 0 aliphatic heterocycles. The van der Waals surface area contributed by atoms with E-state index in [1.807, 2.05) is 16.7 Å². The van der Waals surface area contributed by atoms with Gasteiger partial charge in [-0.25, -0.2) is 4.98 Å². The van der Waals surface area contributed by atoms with E-state index in [4.69, 9.17) is 4.74 Å². The van der Waals surface area contributed by atoms with Gasteiger partial charge in [0.2, 0.25) is 0 Å². The molecular weight excluding hydrogens is 338 g/mol. The fraction of sp³-hybridized carbons (Fsp3) is 0.182. The average Bonchev–Trinajstić information content (AvgIpc) is 3.11. The van der Waals surface area contributed by atoms with Gasteiger partial charge in [-0.2, -0.15) is 0 Å². The molecule has 0 bridgehead atoms. The molecule has 0 aliphatic rings. The van der Waals surface area contributed by atoms with Gasteiger partial charge in [0.1, 0.15) is 0 Å². The summed E-state index contributed by atoms with van der Waals surface area (Å²) in [7, 11) is 1.53. The predicted octanol–water partition coefficient (Wildman–Crippen LogP) is 4.90. The summed E-state index contributed by atoms with van der Waals surface area (Å²) in [5, 5.41) is 10.1. The fourth-order valence-electron chi connectivity index (χ4n) is 3.16. The first-order chi connectivity index (χ1) is 13.1. The van der Waals surface area contributed by atoms with E-state index in [1.165, 1.54) is 12.7 Å². The number of phenolic OH excluding ortho intramolecular Hbond substituents is 1. The number of fused-ring (bicyclic) bond motifs is 1. The monoisotopic (exact) mass is 359 g/mol. The highest BCUT2D eigenvalue weighted by Crippen LogP contribution is 2.32. The maximum atomic E-state index is 10.1. The number of hydrogen-bond donors (Lipinski definition) is 1. The first-order valence-electron chi connectivity index (χ1n) is 8.87. The molecule has 0 unspecified atom stereocenters. The molecule has 0 aliphatic carbocycles. The first kappa shape index (κ1) is 17.1. The van der Waals surface area contributed by atoms with Gasteiger partial charge in [0.05, 0.1) is 30.9 Å². The number of methoxy groups -OCH3 is 1. The van der Waals surface area contributed by atoms with Gasteiger partial charge in [-0.1, -0.05) is 32.0 Å². The molecule has 27 heavy (non-hydrogen) atoms. The van der Waals surface area contributed by atoms with Crippen LogP contribution >= 0.6 is 0 Å². The third-order valence-corrected chi connectivity index (χ3v) is 4.72. The van der Waals surface area contributed by atoms with Crippen LogP contribution in [0.1, 0.15) is 25.3 Å². The number of imidazole rings is 1. The second-order valence-corrected chi connectivity index (χ2v) is 6.81. The van der Waals surface area contributed by atoms with E-state index in [1.54, 1.807) is 24.5 Å². The summed E-state index contributed by atoms with van der Waals surface area (Å²) >= 11 is 0. The second-order valence-electron chi connectivity index (χ2n) is 6.81. The number of hydrogen-bond acceptors (Lipinski definition) is 4. The SMILES string of the molecule is COc1ccc(-c2cnc3cnc(-c4cccc(C(C)C)c4)cn23)cc1O. The Bertz CT molecular complexity index is 1120. The minimum atomic E-state index is 0.101. The number of rotatable bonds is 4. The fourth-order valence-corrected chi connectivity index (χ4v) is 3.16. The normalized spacial score (nSPS) is 11.3. The highest BCUT2D eigenvalue weighted by molar-refractivity contribution is 5.68. The number of ether oxygens (including phenoxy) is 1. The molecule has 2 heterocycles. The molecule has 1 N–H and O–H groups in total. The molecule has 4 aromatic rings. The largest absolute Gasteiger partial charge is 0.504 e. The van der Waals surface area contributed by atoms with Crippen LogP contribution in [-0.2, 0) is 0 Å². The van der Waals surface area contributed by atoms with Crippen molar-refractivity contribution in [3.05, 3.63) is 66.6 Å². The summed E-state index contributed by atoms with van der Waals surface area (Å²) in [6, 6.07) is 13.8. The van der Waals surface area contributed by atoms with Crippen molar-refractivity contribution in [2.45, 2.75) is 19.8 Å². The zero-order valence-corrected chi connectivity index (χ0v) is 15.5. The van der Waals surface area contributed by atoms with Gasteiger partial charge < -0.3 is 9.84 Å². The van der Waals surface area contributed by atoms with E-state index in [-0.39, 0.29) is 5.75 Å². The Labute approximate surface area is 157 Å². The van der Waals surface area contributed by atoms with Crippen LogP contribution in [0.15, 0.2) is 61.1 Å². The van der Waals surface area contributed by atoms with Gasteiger partial charge in [0.25, 0.3) is 0 Å². The van der Waals surface area contributed by atoms with Crippen LogP contribution in [0.2, 0.25) is 0 Å². The predicted molar refractivity (Wildman–Crippen MR) is 106 cm³/mol. The van der Waals surface area contributed by atoms with Crippen molar-refractivity contribution < 1.29 is 9.84 Å². The van der Waals surface area contributed by atoms with Crippen LogP contribution in [0.5, 0.6) is 11.5 Å². The number of benzene rings is 2. The van der Waals surface area contributed by atoms with E-state index in [9.17, 15) is 5.11 Å². The number of aromatic hydroxyl groups is 1. The summed E-state index contributed by atoms with van der Waals surface area (Å²) < 4.78 is 7.12. The minimum Gasteiger partial charge on any atom is -0.504 e. The zero-order chi connectivity index (χ0) is 19.0. The van der Waals surface area contributed by atoms with Crippen molar-refractivity contribution in [3.63, 3.8) is 0 Å². The Balaban J connectivity index is 1.82. The van der Waals surface area contributed by atoms with Crippen LogP contribution < -0.4 is 4.74 Å². The van der Waals surface area contributed by atoms with Crippen LogP contribution in [0.4, 0.5) is 0 Å². The summed E-state index contributed by atoms with van der Waals surface area (Å²) in [4.78, 5) is 9.01. The molecule has 2 aromatic heterocycles. The molecule has 0 radical (unpaired) electrons. The molecule has 4 rings (SSSR count). The van der Waals surface area contributed by atoms with Crippen molar-refractivity contribution in [1.29, 1.82) is 0 Å². The van der Waals surface area contributed by atoms with Gasteiger partial charge in [-0.05, 0) is 35.7 Å². The number of nitrogens with zero attached hydrogens (tertiary/aromatic N) is 3. The van der Waals surface area contributed by atoms with Crippen molar-refractivity contribution >= 4 is 5.65 Å². The minimum absolute atomic E-state index is 0.101. The molecule has 0 saturated heterocycles.